The zero-order chi connectivity index (χ0) is 11.7. The SMILES string of the molecule is CC(=O)O.O=C[C@H](O)[C@@H](O)[C@H](O)CO. The largest absolute Gasteiger partial charge is 0.481 e. The summed E-state index contributed by atoms with van der Waals surface area (Å²) in [5.41, 5.74) is 0. The second kappa shape index (κ2) is 8.57. The molecule has 0 heterocycles. The summed E-state index contributed by atoms with van der Waals surface area (Å²) in [5, 5.41) is 41.5. The van der Waals surface area contributed by atoms with E-state index in [1.54, 1.807) is 0 Å². The van der Waals surface area contributed by atoms with E-state index in [2.05, 4.69) is 0 Å². The lowest BCUT2D eigenvalue weighted by atomic mass is 10.1. The van der Waals surface area contributed by atoms with Crippen molar-refractivity contribution in [3.05, 3.63) is 0 Å². The van der Waals surface area contributed by atoms with E-state index in [0.29, 0.717) is 0 Å². The Bertz CT molecular complexity index is 165. The number of rotatable bonds is 4. The predicted molar refractivity (Wildman–Crippen MR) is 44.5 cm³/mol. The highest BCUT2D eigenvalue weighted by Gasteiger charge is 2.22. The normalized spacial score (nSPS) is 15.8. The number of aldehydes is 1. The van der Waals surface area contributed by atoms with Crippen LogP contribution in [-0.4, -0.2) is 62.7 Å². The first-order valence-corrected chi connectivity index (χ1v) is 3.66. The Morgan fingerprint density at radius 3 is 1.93 bits per heavy atom. The summed E-state index contributed by atoms with van der Waals surface area (Å²) < 4.78 is 0. The number of carbonyl (C=O) groups excluding carboxylic acids is 1. The number of aliphatic carboxylic acids is 1. The molecule has 0 aliphatic heterocycles. The van der Waals surface area contributed by atoms with Gasteiger partial charge in [-0.3, -0.25) is 4.79 Å². The number of carbonyl (C=O) groups is 2. The maximum Gasteiger partial charge on any atom is 0.300 e. The fourth-order valence-electron chi connectivity index (χ4n) is 0.416. The second-order valence-electron chi connectivity index (χ2n) is 2.39. The molecule has 0 aromatic heterocycles. The minimum Gasteiger partial charge on any atom is -0.481 e. The Balaban J connectivity index is 0. The number of aliphatic hydroxyl groups excluding tert-OH is 4. The summed E-state index contributed by atoms with van der Waals surface area (Å²) in [7, 11) is 0. The van der Waals surface area contributed by atoms with Crippen molar-refractivity contribution < 1.29 is 35.1 Å². The molecule has 0 unspecified atom stereocenters. The molecule has 0 saturated carbocycles. The van der Waals surface area contributed by atoms with E-state index in [-0.39, 0.29) is 6.29 Å². The zero-order valence-electron chi connectivity index (χ0n) is 7.57. The van der Waals surface area contributed by atoms with E-state index in [1.807, 2.05) is 0 Å². The Morgan fingerprint density at radius 1 is 1.36 bits per heavy atom. The van der Waals surface area contributed by atoms with Gasteiger partial charge < -0.3 is 30.3 Å². The lowest BCUT2D eigenvalue weighted by molar-refractivity contribution is -0.134. The molecule has 3 atom stereocenters. The topological polar surface area (TPSA) is 135 Å². The fourth-order valence-corrected chi connectivity index (χ4v) is 0.416. The molecule has 0 radical (unpaired) electrons. The Kier molecular flexibility index (Phi) is 9.46. The second-order valence-corrected chi connectivity index (χ2v) is 2.39. The van der Waals surface area contributed by atoms with Crippen LogP contribution < -0.4 is 0 Å². The molecule has 0 saturated heterocycles. The van der Waals surface area contributed by atoms with E-state index in [9.17, 15) is 4.79 Å². The Labute approximate surface area is 80.2 Å². The molecular formula is C7H14O7. The molecule has 0 amide bonds. The van der Waals surface area contributed by atoms with Gasteiger partial charge in [-0.05, 0) is 0 Å². The van der Waals surface area contributed by atoms with Gasteiger partial charge in [-0.2, -0.15) is 0 Å². The molecule has 0 spiro atoms. The number of carboxylic acids is 1. The van der Waals surface area contributed by atoms with Crippen molar-refractivity contribution >= 4 is 12.3 Å². The van der Waals surface area contributed by atoms with Crippen LogP contribution in [0, 0.1) is 0 Å². The minimum absolute atomic E-state index is 0.0869. The molecule has 0 fully saturated rings. The maximum atomic E-state index is 9.76. The summed E-state index contributed by atoms with van der Waals surface area (Å²) >= 11 is 0. The summed E-state index contributed by atoms with van der Waals surface area (Å²) in [6, 6.07) is 0. The molecular weight excluding hydrogens is 196 g/mol. The van der Waals surface area contributed by atoms with Gasteiger partial charge in [0.25, 0.3) is 5.97 Å². The fraction of sp³-hybridized carbons (Fsp3) is 0.714. The van der Waals surface area contributed by atoms with Crippen LogP contribution >= 0.6 is 0 Å². The lowest BCUT2D eigenvalue weighted by Crippen LogP contribution is -2.40. The third kappa shape index (κ3) is 9.07. The highest BCUT2D eigenvalue weighted by molar-refractivity contribution is 5.62. The van der Waals surface area contributed by atoms with E-state index < -0.39 is 30.9 Å². The van der Waals surface area contributed by atoms with Gasteiger partial charge in [0.2, 0.25) is 0 Å². The number of aliphatic hydroxyl groups is 4. The number of hydrogen-bond acceptors (Lipinski definition) is 6. The predicted octanol–water partition coefficient (Wildman–Crippen LogP) is -2.65. The Hall–Kier alpha value is -1.02. The smallest absolute Gasteiger partial charge is 0.300 e. The van der Waals surface area contributed by atoms with Crippen molar-refractivity contribution in [2.75, 3.05) is 6.61 Å². The molecule has 7 nitrogen and oxygen atoms in total. The summed E-state index contributed by atoms with van der Waals surface area (Å²) in [6.45, 7) is 0.395. The molecule has 0 aliphatic carbocycles. The van der Waals surface area contributed by atoms with Crippen molar-refractivity contribution in [1.82, 2.24) is 0 Å². The van der Waals surface area contributed by atoms with E-state index in [1.165, 1.54) is 0 Å². The van der Waals surface area contributed by atoms with Gasteiger partial charge in [-0.15, -0.1) is 0 Å². The first-order valence-electron chi connectivity index (χ1n) is 3.66. The first kappa shape index (κ1) is 15.5. The highest BCUT2D eigenvalue weighted by Crippen LogP contribution is 1.96. The molecule has 0 rings (SSSR count). The Morgan fingerprint density at radius 2 is 1.71 bits per heavy atom. The average molecular weight is 210 g/mol. The van der Waals surface area contributed by atoms with Crippen molar-refractivity contribution in [2.24, 2.45) is 0 Å². The first-order chi connectivity index (χ1) is 6.36. The van der Waals surface area contributed by atoms with Gasteiger partial charge in [-0.25, -0.2) is 0 Å². The maximum absolute atomic E-state index is 9.76. The van der Waals surface area contributed by atoms with Gasteiger partial charge in [0.05, 0.1) is 6.61 Å². The average Bonchev–Trinajstić information content (AvgIpc) is 2.13. The van der Waals surface area contributed by atoms with Gasteiger partial charge in [0.15, 0.2) is 6.29 Å². The van der Waals surface area contributed by atoms with Gasteiger partial charge >= 0.3 is 0 Å². The molecule has 0 aliphatic rings. The van der Waals surface area contributed by atoms with Crippen LogP contribution in [-0.2, 0) is 9.59 Å². The lowest BCUT2D eigenvalue weighted by Gasteiger charge is -2.16. The number of hydrogen-bond donors (Lipinski definition) is 5. The van der Waals surface area contributed by atoms with E-state index in [4.69, 9.17) is 30.3 Å². The van der Waals surface area contributed by atoms with Crippen molar-refractivity contribution in [3.63, 3.8) is 0 Å². The molecule has 84 valence electrons. The zero-order valence-corrected chi connectivity index (χ0v) is 7.57. The minimum atomic E-state index is -1.64. The summed E-state index contributed by atoms with van der Waals surface area (Å²) in [5.74, 6) is -0.833. The highest BCUT2D eigenvalue weighted by atomic mass is 16.4. The van der Waals surface area contributed by atoms with Crippen LogP contribution in [0.3, 0.4) is 0 Å². The van der Waals surface area contributed by atoms with E-state index >= 15 is 0 Å². The monoisotopic (exact) mass is 210 g/mol. The molecule has 14 heavy (non-hydrogen) atoms. The third-order valence-electron chi connectivity index (χ3n) is 1.07. The van der Waals surface area contributed by atoms with Crippen LogP contribution in [0.5, 0.6) is 0 Å². The van der Waals surface area contributed by atoms with Gasteiger partial charge in [-0.1, -0.05) is 0 Å². The molecule has 0 aromatic carbocycles. The van der Waals surface area contributed by atoms with Crippen LogP contribution in [0.25, 0.3) is 0 Å². The van der Waals surface area contributed by atoms with E-state index in [0.717, 1.165) is 6.92 Å². The summed E-state index contributed by atoms with van der Waals surface area (Å²) in [6.07, 6.45) is -4.63. The number of carboxylic acid groups (broad SMARTS) is 1. The van der Waals surface area contributed by atoms with Crippen molar-refractivity contribution in [1.29, 1.82) is 0 Å². The molecule has 0 bridgehead atoms. The van der Waals surface area contributed by atoms with Crippen LogP contribution in [0.2, 0.25) is 0 Å². The van der Waals surface area contributed by atoms with Crippen molar-refractivity contribution in [3.8, 4) is 0 Å². The molecule has 7 heteroatoms. The third-order valence-corrected chi connectivity index (χ3v) is 1.07. The standard InChI is InChI=1S/C5H10O5.C2H4O2/c6-1-3(8)5(10)4(9)2-7;1-2(3)4/h1,3-5,7-10H,2H2;1H3,(H,3,4)/t3-,4+,5+;/m0./s1. The quantitative estimate of drug-likeness (QED) is 0.320. The van der Waals surface area contributed by atoms with Gasteiger partial charge in [0.1, 0.15) is 18.3 Å². The molecule has 0 aromatic rings. The molecule has 5 N–H and O–H groups in total. The van der Waals surface area contributed by atoms with Crippen LogP contribution in [0.4, 0.5) is 0 Å². The summed E-state index contributed by atoms with van der Waals surface area (Å²) in [4.78, 5) is 18.8. The van der Waals surface area contributed by atoms with Crippen LogP contribution in [0.1, 0.15) is 6.92 Å². The van der Waals surface area contributed by atoms with Crippen molar-refractivity contribution in [2.45, 2.75) is 25.2 Å². The van der Waals surface area contributed by atoms with Gasteiger partial charge in [0, 0.05) is 6.92 Å². The van der Waals surface area contributed by atoms with Crippen LogP contribution in [0.15, 0.2) is 0 Å².